The molecule has 0 unspecified atom stereocenters. The maximum absolute atomic E-state index is 14.1. The molecule has 0 aliphatic carbocycles. The van der Waals surface area contributed by atoms with Gasteiger partial charge in [0.25, 0.3) is 5.91 Å². The highest BCUT2D eigenvalue weighted by atomic mass is 19.1. The summed E-state index contributed by atoms with van der Waals surface area (Å²) in [5.74, 6) is 0.604. The summed E-state index contributed by atoms with van der Waals surface area (Å²) in [4.78, 5) is 23.7. The molecule has 1 amide bonds. The van der Waals surface area contributed by atoms with Gasteiger partial charge in [0.2, 0.25) is 5.88 Å². The monoisotopic (exact) mass is 426 g/mol. The van der Waals surface area contributed by atoms with Gasteiger partial charge in [-0.1, -0.05) is 0 Å². The normalized spacial score (nSPS) is 24.9. The lowest BCUT2D eigenvalue weighted by Gasteiger charge is -2.38. The Balaban J connectivity index is 1.56. The van der Waals surface area contributed by atoms with Crippen LogP contribution in [0.15, 0.2) is 24.7 Å². The molecule has 0 radical (unpaired) electrons. The molecule has 160 valence electrons. The molecular formula is C20H19FN6O4. The maximum Gasteiger partial charge on any atom is 0.256 e. The van der Waals surface area contributed by atoms with E-state index in [2.05, 4.69) is 15.4 Å². The van der Waals surface area contributed by atoms with Crippen LogP contribution in [0, 0.1) is 5.82 Å². The number of fused-ring (bicyclic) bond motifs is 3. The zero-order valence-corrected chi connectivity index (χ0v) is 16.6. The summed E-state index contributed by atoms with van der Waals surface area (Å²) in [6.45, 7) is 3.23. The van der Waals surface area contributed by atoms with Gasteiger partial charge in [0.05, 0.1) is 50.9 Å². The van der Waals surface area contributed by atoms with Crippen molar-refractivity contribution in [1.29, 1.82) is 0 Å². The molecule has 11 heteroatoms. The minimum absolute atomic E-state index is 0.124. The first-order valence-electron chi connectivity index (χ1n) is 10.1. The standard InChI is InChI=1S/C20H19FN6O4/c1-10-3-22-19(28)13-5-24-27-7-15-18(25-17(13)27)26(14-8-29-9-16(14)31-15)6-11-2-12(21)4-23-20(11)30-10/h2,4-5,7,10,14,16H,3,6,8-9H2,1H3,(H,22,28)/t10-,14-,16+/m0/s1. The van der Waals surface area contributed by atoms with Crippen LogP contribution in [0.5, 0.6) is 11.6 Å². The Kier molecular flexibility index (Phi) is 4.00. The van der Waals surface area contributed by atoms with Crippen molar-refractivity contribution in [2.45, 2.75) is 31.7 Å². The smallest absolute Gasteiger partial charge is 0.256 e. The van der Waals surface area contributed by atoms with Crippen molar-refractivity contribution in [3.8, 4) is 11.6 Å². The molecule has 31 heavy (non-hydrogen) atoms. The number of ether oxygens (including phenoxy) is 3. The van der Waals surface area contributed by atoms with Gasteiger partial charge in [-0.15, -0.1) is 0 Å². The first-order chi connectivity index (χ1) is 15.1. The third-order valence-corrected chi connectivity index (χ3v) is 5.73. The number of pyridine rings is 1. The Morgan fingerprint density at radius 1 is 1.26 bits per heavy atom. The molecule has 3 aromatic rings. The van der Waals surface area contributed by atoms with Crippen molar-refractivity contribution in [1.82, 2.24) is 24.9 Å². The fourth-order valence-electron chi connectivity index (χ4n) is 4.21. The van der Waals surface area contributed by atoms with Crippen molar-refractivity contribution in [3.63, 3.8) is 0 Å². The molecule has 6 heterocycles. The van der Waals surface area contributed by atoms with Gasteiger partial charge in [-0.3, -0.25) is 4.79 Å². The van der Waals surface area contributed by atoms with E-state index in [1.54, 1.807) is 6.20 Å². The fourth-order valence-corrected chi connectivity index (χ4v) is 4.21. The highest BCUT2D eigenvalue weighted by Gasteiger charge is 2.42. The number of amides is 1. The van der Waals surface area contributed by atoms with E-state index in [-0.39, 0.29) is 30.7 Å². The highest BCUT2D eigenvalue weighted by molar-refractivity contribution is 5.99. The van der Waals surface area contributed by atoms with E-state index in [1.165, 1.54) is 16.8 Å². The highest BCUT2D eigenvalue weighted by Crippen LogP contribution is 2.39. The van der Waals surface area contributed by atoms with Crippen LogP contribution in [0.1, 0.15) is 22.8 Å². The first-order valence-corrected chi connectivity index (χ1v) is 10.1. The first kappa shape index (κ1) is 18.3. The van der Waals surface area contributed by atoms with Crippen LogP contribution in [-0.4, -0.2) is 63.5 Å². The van der Waals surface area contributed by atoms with Gasteiger partial charge < -0.3 is 24.4 Å². The zero-order valence-electron chi connectivity index (χ0n) is 16.6. The van der Waals surface area contributed by atoms with Gasteiger partial charge in [-0.05, 0) is 13.0 Å². The van der Waals surface area contributed by atoms with E-state index in [9.17, 15) is 9.18 Å². The van der Waals surface area contributed by atoms with E-state index < -0.39 is 5.82 Å². The summed E-state index contributed by atoms with van der Waals surface area (Å²) in [7, 11) is 0. The molecule has 0 spiro atoms. The zero-order chi connectivity index (χ0) is 21.1. The largest absolute Gasteiger partial charge is 0.480 e. The molecule has 6 rings (SSSR count). The average Bonchev–Trinajstić information content (AvgIpc) is 3.38. The molecular weight excluding hydrogens is 407 g/mol. The van der Waals surface area contributed by atoms with E-state index in [4.69, 9.17) is 19.2 Å². The Bertz CT molecular complexity index is 1200. The second-order valence-corrected chi connectivity index (χ2v) is 7.90. The van der Waals surface area contributed by atoms with Gasteiger partial charge in [0, 0.05) is 5.56 Å². The second kappa shape index (κ2) is 6.77. The van der Waals surface area contributed by atoms with Crippen molar-refractivity contribution in [2.24, 2.45) is 0 Å². The lowest BCUT2D eigenvalue weighted by Crippen LogP contribution is -2.49. The van der Waals surface area contributed by atoms with Crippen LogP contribution < -0.4 is 19.7 Å². The second-order valence-electron chi connectivity index (χ2n) is 7.90. The number of nitrogens with zero attached hydrogens (tertiary/aromatic N) is 5. The lowest BCUT2D eigenvalue weighted by molar-refractivity contribution is 0.0932. The van der Waals surface area contributed by atoms with Crippen LogP contribution in [-0.2, 0) is 11.3 Å². The van der Waals surface area contributed by atoms with Gasteiger partial charge >= 0.3 is 0 Å². The molecule has 3 atom stereocenters. The van der Waals surface area contributed by atoms with Crippen LogP contribution in [0.3, 0.4) is 0 Å². The van der Waals surface area contributed by atoms with Gasteiger partial charge in [-0.2, -0.15) is 5.10 Å². The van der Waals surface area contributed by atoms with E-state index >= 15 is 0 Å². The molecule has 2 bridgehead atoms. The number of nitrogens with one attached hydrogen (secondary N) is 1. The Labute approximate surface area is 175 Å². The molecule has 3 aromatic heterocycles. The molecule has 1 fully saturated rings. The third kappa shape index (κ3) is 2.95. The number of halogens is 1. The van der Waals surface area contributed by atoms with E-state index in [0.29, 0.717) is 54.0 Å². The minimum atomic E-state index is -0.457. The number of carbonyl (C=O) groups is 1. The topological polar surface area (TPSA) is 103 Å². The molecule has 10 nitrogen and oxygen atoms in total. The Morgan fingerprint density at radius 2 is 2.16 bits per heavy atom. The van der Waals surface area contributed by atoms with Crippen LogP contribution in [0.25, 0.3) is 5.65 Å². The SMILES string of the molecule is C[C@H]1CNC(=O)c2cnn3cc4c(nc23)N(Cc2cc(F)cnc2O1)[C@H]1COC[C@H]1O4. The summed E-state index contributed by atoms with van der Waals surface area (Å²) in [6, 6.07) is 1.29. The number of hydrogen-bond donors (Lipinski definition) is 1. The van der Waals surface area contributed by atoms with Crippen LogP contribution in [0.2, 0.25) is 0 Å². The van der Waals surface area contributed by atoms with Gasteiger partial charge in [0.15, 0.2) is 17.2 Å². The molecule has 0 saturated carbocycles. The predicted molar refractivity (Wildman–Crippen MR) is 105 cm³/mol. The molecule has 3 aliphatic rings. The Morgan fingerprint density at radius 3 is 3.06 bits per heavy atom. The number of aromatic nitrogens is 4. The number of hydrogen-bond acceptors (Lipinski definition) is 8. The predicted octanol–water partition coefficient (Wildman–Crippen LogP) is 0.940. The quantitative estimate of drug-likeness (QED) is 0.567. The van der Waals surface area contributed by atoms with Gasteiger partial charge in [-0.25, -0.2) is 18.9 Å². The fraction of sp³-hybridized carbons (Fsp3) is 0.400. The van der Waals surface area contributed by atoms with Crippen molar-refractivity contribution < 1.29 is 23.4 Å². The van der Waals surface area contributed by atoms with Crippen LogP contribution in [0.4, 0.5) is 10.2 Å². The summed E-state index contributed by atoms with van der Waals surface area (Å²) >= 11 is 0. The summed E-state index contributed by atoms with van der Waals surface area (Å²) in [5, 5.41) is 7.10. The average molecular weight is 426 g/mol. The number of rotatable bonds is 0. The molecule has 0 aromatic carbocycles. The number of carbonyl (C=O) groups excluding carboxylic acids is 1. The van der Waals surface area contributed by atoms with Crippen molar-refractivity contribution in [2.75, 3.05) is 24.7 Å². The van der Waals surface area contributed by atoms with Crippen molar-refractivity contribution >= 4 is 17.4 Å². The molecule has 3 aliphatic heterocycles. The lowest BCUT2D eigenvalue weighted by atomic mass is 10.1. The van der Waals surface area contributed by atoms with Crippen LogP contribution >= 0.6 is 0 Å². The summed E-state index contributed by atoms with van der Waals surface area (Å²) < 4.78 is 33.4. The summed E-state index contributed by atoms with van der Waals surface area (Å²) in [5.41, 5.74) is 1.33. The molecule has 1 N–H and O–H groups in total. The molecule has 1 saturated heterocycles. The number of anilines is 1. The minimum Gasteiger partial charge on any atom is -0.480 e. The third-order valence-electron chi connectivity index (χ3n) is 5.73. The van der Waals surface area contributed by atoms with E-state index in [0.717, 1.165) is 6.20 Å². The van der Waals surface area contributed by atoms with E-state index in [1.807, 2.05) is 11.8 Å². The maximum atomic E-state index is 14.1. The van der Waals surface area contributed by atoms with Crippen molar-refractivity contribution in [3.05, 3.63) is 41.6 Å². The van der Waals surface area contributed by atoms with Gasteiger partial charge in [0.1, 0.15) is 23.6 Å². The Hall–Kier alpha value is -3.47. The summed E-state index contributed by atoms with van der Waals surface area (Å²) in [6.07, 6.45) is 3.72.